The fourth-order valence-corrected chi connectivity index (χ4v) is 12.8. The molecule has 0 amide bonds. The molecule has 0 saturated heterocycles. The largest absolute Gasteiger partial charge is 0.481 e. The van der Waals surface area contributed by atoms with Crippen molar-refractivity contribution in [2.24, 2.45) is 56.7 Å². The normalized spacial score (nSPS) is 35.1. The first-order valence-corrected chi connectivity index (χ1v) is 21.7. The van der Waals surface area contributed by atoms with E-state index in [0.717, 1.165) is 64.1 Å². The van der Waals surface area contributed by atoms with Crippen molar-refractivity contribution in [1.82, 2.24) is 9.80 Å². The third kappa shape index (κ3) is 8.52. The minimum atomic E-state index is -1.14. The predicted molar refractivity (Wildman–Crippen MR) is 214 cm³/mol. The zero-order valence-corrected chi connectivity index (χ0v) is 35.9. The van der Waals surface area contributed by atoms with E-state index in [1.807, 2.05) is 0 Å². The molecule has 7 heteroatoms. The van der Waals surface area contributed by atoms with Crippen LogP contribution in [-0.4, -0.2) is 79.0 Å². The van der Waals surface area contributed by atoms with Gasteiger partial charge in [0, 0.05) is 31.5 Å². The quantitative estimate of drug-likeness (QED) is 0.0959. The van der Waals surface area contributed by atoms with Gasteiger partial charge < -0.3 is 19.6 Å². The number of hydrogen-bond donors (Lipinski definition) is 1. The summed E-state index contributed by atoms with van der Waals surface area (Å²) in [4.78, 5) is 44.0. The minimum Gasteiger partial charge on any atom is -0.481 e. The molecule has 7 atom stereocenters. The Morgan fingerprint density at radius 1 is 0.849 bits per heavy atom. The number of ether oxygens (including phenoxy) is 1. The molecule has 53 heavy (non-hydrogen) atoms. The van der Waals surface area contributed by atoms with Crippen LogP contribution in [0.15, 0.2) is 11.1 Å². The molecule has 0 bridgehead atoms. The number of Topliss-reactive ketones (excluding diaryl/α,β-unsaturated/α-hetero) is 1. The fraction of sp³-hybridized carbons (Fsp3) is 0.891. The summed E-state index contributed by atoms with van der Waals surface area (Å²) in [5, 5.41) is 9.61. The lowest BCUT2D eigenvalue weighted by Crippen LogP contribution is -2.65. The van der Waals surface area contributed by atoms with Crippen LogP contribution in [0.3, 0.4) is 0 Å². The van der Waals surface area contributed by atoms with E-state index in [2.05, 4.69) is 72.4 Å². The Kier molecular flexibility index (Phi) is 12.8. The van der Waals surface area contributed by atoms with Crippen LogP contribution in [-0.2, 0) is 19.1 Å². The van der Waals surface area contributed by atoms with Crippen LogP contribution in [0.1, 0.15) is 159 Å². The number of likely N-dealkylation sites (N-methyl/N-ethyl adjacent to an activating group) is 1. The number of carbonyl (C=O) groups excluding carboxylic acids is 2. The van der Waals surface area contributed by atoms with Gasteiger partial charge in [-0.15, -0.1) is 0 Å². The lowest BCUT2D eigenvalue weighted by molar-refractivity contribution is -0.230. The molecule has 0 aromatic rings. The highest BCUT2D eigenvalue weighted by molar-refractivity contribution is 5.96. The molecule has 0 unspecified atom stereocenters. The molecule has 0 heterocycles. The molecule has 0 aromatic carbocycles. The molecule has 5 rings (SSSR count). The van der Waals surface area contributed by atoms with Gasteiger partial charge in [-0.25, -0.2) is 0 Å². The van der Waals surface area contributed by atoms with Gasteiger partial charge in [0.25, 0.3) is 0 Å². The number of carboxylic acids is 1. The van der Waals surface area contributed by atoms with E-state index < -0.39 is 11.4 Å². The average Bonchev–Trinajstić information content (AvgIpc) is 3.87. The summed E-state index contributed by atoms with van der Waals surface area (Å²) < 4.78 is 6.18. The van der Waals surface area contributed by atoms with Crippen LogP contribution in [0.5, 0.6) is 0 Å². The number of fused-ring (bicyclic) bond motifs is 5. The van der Waals surface area contributed by atoms with Crippen LogP contribution in [0.4, 0.5) is 0 Å². The van der Waals surface area contributed by atoms with E-state index in [-0.39, 0.29) is 46.1 Å². The molecule has 5 aliphatic carbocycles. The number of ketones is 1. The maximum Gasteiger partial charge on any atom is 0.309 e. The minimum absolute atomic E-state index is 0.107. The summed E-state index contributed by atoms with van der Waals surface area (Å²) in [6.45, 7) is 24.7. The maximum atomic E-state index is 14.3. The van der Waals surface area contributed by atoms with E-state index in [1.165, 1.54) is 62.6 Å². The summed E-state index contributed by atoms with van der Waals surface area (Å²) in [7, 11) is 4.32. The van der Waals surface area contributed by atoms with Gasteiger partial charge in [-0.2, -0.15) is 0 Å². The number of carboxylic acid groups (broad SMARTS) is 1. The summed E-state index contributed by atoms with van der Waals surface area (Å²) in [5.41, 5.74) is 1.86. The van der Waals surface area contributed by atoms with Gasteiger partial charge >= 0.3 is 11.9 Å². The lowest BCUT2D eigenvalue weighted by Gasteiger charge is -2.71. The van der Waals surface area contributed by atoms with Gasteiger partial charge in [0.05, 0.1) is 11.8 Å². The summed E-state index contributed by atoms with van der Waals surface area (Å²) in [6, 6.07) is 0. The number of rotatable bonds is 16. The molecule has 0 spiro atoms. The Balaban J connectivity index is 1.30. The number of allylic oxidation sites excluding steroid dienone is 2. The number of esters is 1. The molecule has 1 N–H and O–H groups in total. The smallest absolute Gasteiger partial charge is 0.309 e. The molecular weight excluding hydrogens is 661 g/mol. The van der Waals surface area contributed by atoms with Crippen LogP contribution in [0.25, 0.3) is 0 Å². The van der Waals surface area contributed by atoms with E-state index in [0.29, 0.717) is 30.0 Å². The molecule has 0 radical (unpaired) electrons. The highest BCUT2D eigenvalue weighted by Crippen LogP contribution is 2.74. The van der Waals surface area contributed by atoms with Crippen LogP contribution >= 0.6 is 0 Å². The van der Waals surface area contributed by atoms with Gasteiger partial charge in [-0.05, 0) is 169 Å². The van der Waals surface area contributed by atoms with E-state index >= 15 is 0 Å². The summed E-state index contributed by atoms with van der Waals surface area (Å²) in [6.07, 6.45) is 15.2. The number of unbranched alkanes of at least 4 members (excludes halogenated alkanes) is 1. The Labute approximate surface area is 323 Å². The first-order chi connectivity index (χ1) is 24.7. The molecule has 5 saturated carbocycles. The Morgan fingerprint density at radius 3 is 2.17 bits per heavy atom. The Bertz CT molecular complexity index is 1380. The molecule has 0 aliphatic heterocycles. The molecular formula is C46H78N2O5. The standard InChI is InChI=1S/C46H78N2O5/c1-31(2)40(35(49)16-12-13-26-48(28-27-47(10)11)30-32-17-18-32)33-15-14-23-45(8)34(33)19-20-37-44(7)24-22-38(53-39(50)29-42(3,4)41(51)52)43(5,6)36(44)21-25-46(37,45)9/h31-32,34,36-38H,12-30H2,1-11H3,(H,51,52)/b40-33+/t34-,36+,37-,38+,44+,45-,46-/m1/s1. The third-order valence-electron chi connectivity index (χ3n) is 16.2. The highest BCUT2D eigenvalue weighted by atomic mass is 16.5. The summed E-state index contributed by atoms with van der Waals surface area (Å²) >= 11 is 0. The second-order valence-electron chi connectivity index (χ2n) is 21.2. The van der Waals surface area contributed by atoms with Crippen molar-refractivity contribution in [1.29, 1.82) is 0 Å². The number of carbonyl (C=O) groups is 3. The number of nitrogens with zero attached hydrogens (tertiary/aromatic N) is 2. The fourth-order valence-electron chi connectivity index (χ4n) is 12.8. The Hall–Kier alpha value is -1.73. The first kappa shape index (κ1) is 42.4. The zero-order valence-electron chi connectivity index (χ0n) is 35.9. The monoisotopic (exact) mass is 739 g/mol. The van der Waals surface area contributed by atoms with Crippen molar-refractivity contribution in [3.63, 3.8) is 0 Å². The molecule has 0 aromatic heterocycles. The van der Waals surface area contributed by atoms with E-state index in [4.69, 9.17) is 4.74 Å². The second-order valence-corrected chi connectivity index (χ2v) is 21.2. The van der Waals surface area contributed by atoms with Gasteiger partial charge in [0.2, 0.25) is 0 Å². The Morgan fingerprint density at radius 2 is 1.55 bits per heavy atom. The second kappa shape index (κ2) is 16.0. The van der Waals surface area contributed by atoms with Crippen molar-refractivity contribution < 1.29 is 24.2 Å². The molecule has 5 aliphatic rings. The zero-order chi connectivity index (χ0) is 39.1. The number of aliphatic carboxylic acids is 1. The van der Waals surface area contributed by atoms with Crippen molar-refractivity contribution in [3.05, 3.63) is 11.1 Å². The molecule has 5 fully saturated rings. The maximum absolute atomic E-state index is 14.3. The molecule has 302 valence electrons. The van der Waals surface area contributed by atoms with Crippen molar-refractivity contribution >= 4 is 17.7 Å². The van der Waals surface area contributed by atoms with Gasteiger partial charge in [0.15, 0.2) is 5.78 Å². The summed E-state index contributed by atoms with van der Waals surface area (Å²) in [5.74, 6) is 1.70. The lowest BCUT2D eigenvalue weighted by atomic mass is 9.34. The van der Waals surface area contributed by atoms with Crippen molar-refractivity contribution in [2.75, 3.05) is 40.3 Å². The van der Waals surface area contributed by atoms with Crippen LogP contribution < -0.4 is 0 Å². The first-order valence-electron chi connectivity index (χ1n) is 21.7. The SMILES string of the molecule is CC(C)/C(C(=O)CCCCN(CCN(C)C)CC1CC1)=C1/CCC[C@]2(C)[C@@H]1CC[C@@H]1[C@@]3(C)CC[C@H](OC(=O)CC(C)(C)C(=O)O)C(C)(C)[C@@H]3CC[C@]12C. The van der Waals surface area contributed by atoms with Crippen molar-refractivity contribution in [2.45, 2.75) is 165 Å². The highest BCUT2D eigenvalue weighted by Gasteiger charge is 2.67. The van der Waals surface area contributed by atoms with Gasteiger partial charge in [-0.3, -0.25) is 14.4 Å². The van der Waals surface area contributed by atoms with Crippen LogP contribution in [0.2, 0.25) is 0 Å². The van der Waals surface area contributed by atoms with Gasteiger partial charge in [0.1, 0.15) is 6.10 Å². The van der Waals surface area contributed by atoms with E-state index in [1.54, 1.807) is 13.8 Å². The van der Waals surface area contributed by atoms with Crippen molar-refractivity contribution in [3.8, 4) is 0 Å². The average molecular weight is 739 g/mol. The number of hydrogen-bond acceptors (Lipinski definition) is 6. The molecule has 7 nitrogen and oxygen atoms in total. The topological polar surface area (TPSA) is 87.2 Å². The predicted octanol–water partition coefficient (Wildman–Crippen LogP) is 9.82. The third-order valence-corrected chi connectivity index (χ3v) is 16.2. The van der Waals surface area contributed by atoms with Crippen LogP contribution in [0, 0.1) is 56.7 Å². The van der Waals surface area contributed by atoms with E-state index in [9.17, 15) is 19.5 Å². The van der Waals surface area contributed by atoms with Gasteiger partial charge in [-0.1, -0.05) is 54.0 Å².